The molecule has 3 unspecified atom stereocenters. The van der Waals surface area contributed by atoms with E-state index in [2.05, 4.69) is 29.4 Å². The van der Waals surface area contributed by atoms with Crippen LogP contribution < -0.4 is 52.0 Å². The van der Waals surface area contributed by atoms with Crippen LogP contribution in [0, 0.1) is 11.8 Å². The molecule has 6 aromatic rings. The topological polar surface area (TPSA) is 350 Å². The molecular formula is C93H132ClN10NaO16. The summed E-state index contributed by atoms with van der Waals surface area (Å²) in [4.78, 5) is 133. The first-order valence-corrected chi connectivity index (χ1v) is 45.2. The van der Waals surface area contributed by atoms with Crippen LogP contribution in [0.3, 0.4) is 0 Å². The molecule has 5 N–H and O–H groups in total. The predicted octanol–water partition coefficient (Wildman–Crippen LogP) is 12.5. The molecule has 3 saturated carbocycles. The number of para-hydroxylation sites is 6. The van der Waals surface area contributed by atoms with Crippen molar-refractivity contribution in [3.05, 3.63) is 120 Å². The number of hydrogen-bond donors (Lipinski definition) is 3. The number of ether oxygens (including phenoxy) is 4. The molecule has 0 radical (unpaired) electrons. The molecule has 6 saturated heterocycles. The quantitative estimate of drug-likeness (QED) is 0.0385. The first-order chi connectivity index (χ1) is 57.0. The molecule has 26 nitrogen and oxygen atoms in total. The zero-order valence-electron chi connectivity index (χ0n) is 73.1. The van der Waals surface area contributed by atoms with Crippen LogP contribution in [0.5, 0.6) is 0 Å². The fourth-order valence-corrected chi connectivity index (χ4v) is 22.0. The smallest absolute Gasteiger partial charge is 0.870 e. The fraction of sp³-hybridized carbons (Fsp3) is 0.677. The van der Waals surface area contributed by atoms with Crippen molar-refractivity contribution in [3.63, 3.8) is 0 Å². The summed E-state index contributed by atoms with van der Waals surface area (Å²) in [5.41, 5.74) is 8.80. The minimum atomic E-state index is -1.22. The number of nitrogens with two attached hydrogens (primary N) is 1. The summed E-state index contributed by atoms with van der Waals surface area (Å²) in [5, 5.41) is 18.8. The number of carbonyl (C=O) groups excluding carboxylic acids is 4. The average Bonchev–Trinajstić information content (AvgIpc) is 1.74. The van der Waals surface area contributed by atoms with E-state index in [0.29, 0.717) is 59.5 Å². The second-order valence-corrected chi connectivity index (χ2v) is 37.7. The number of benzene rings is 3. The van der Waals surface area contributed by atoms with Crippen molar-refractivity contribution >= 4 is 80.5 Å². The summed E-state index contributed by atoms with van der Waals surface area (Å²) in [5.74, 6) is -6.59. The van der Waals surface area contributed by atoms with E-state index in [9.17, 15) is 48.3 Å². The van der Waals surface area contributed by atoms with Gasteiger partial charge in [0, 0.05) is 85.3 Å². The Morgan fingerprint density at radius 3 is 1.02 bits per heavy atom. The van der Waals surface area contributed by atoms with Crippen molar-refractivity contribution in [2.24, 2.45) is 17.6 Å². The Kier molecular flexibility index (Phi) is 35.2. The van der Waals surface area contributed by atoms with E-state index in [1.54, 1.807) is 41.5 Å². The van der Waals surface area contributed by atoms with Crippen molar-refractivity contribution in [1.82, 2.24) is 43.4 Å². The Labute approximate surface area is 739 Å². The zero-order chi connectivity index (χ0) is 84.8. The van der Waals surface area contributed by atoms with Crippen LogP contribution in [0.2, 0.25) is 5.15 Å². The van der Waals surface area contributed by atoms with Gasteiger partial charge in [0.25, 0.3) is 16.7 Å². The third-order valence-electron chi connectivity index (χ3n) is 26.7. The first kappa shape index (κ1) is 96.2. The maximum atomic E-state index is 14.2. The van der Waals surface area contributed by atoms with Crippen molar-refractivity contribution in [1.29, 1.82) is 0 Å². The number of nitrogens with zero attached hydrogens (tertiary/aromatic N) is 9. The third-order valence-corrected chi connectivity index (χ3v) is 26.9. The Hall–Kier alpha value is -7.01. The van der Waals surface area contributed by atoms with Gasteiger partial charge in [-0.3, -0.25) is 57.9 Å². The molecule has 15 rings (SSSR count). The fourth-order valence-electron chi connectivity index (χ4n) is 21.8. The van der Waals surface area contributed by atoms with E-state index < -0.39 is 71.3 Å². The number of hydrogen-bond acceptors (Lipinski definition) is 21. The van der Waals surface area contributed by atoms with Gasteiger partial charge >= 0.3 is 65.4 Å². The van der Waals surface area contributed by atoms with E-state index >= 15 is 0 Å². The number of carbonyl (C=O) groups is 6. The molecule has 658 valence electrons. The predicted molar refractivity (Wildman–Crippen MR) is 461 cm³/mol. The summed E-state index contributed by atoms with van der Waals surface area (Å²) < 4.78 is 25.6. The summed E-state index contributed by atoms with van der Waals surface area (Å²) >= 11 is 6.23. The standard InChI is InChI=1S/C33H47N3O5.C28H37N3O5.C23H30ClN3O.C9H17NO4.Na.H2O/c1-33(2,3)41-30(37)19-22(32(39)40-4)18-28-31(38)36(29-15-11-10-14-27(29)34-28)26-20-24-16-17-25(21-26)35(24)23-12-8-6-5-7-9-13-23;32-26(33)15-18(28(35)36)14-24-27(34)31(25-11-7-6-10-23(25)29-24)22-16-20-12-13-21(17-22)30(20)19-8-4-2-1-3-5-9-19;24-22-23(28)27(21-11-7-6-10-20(21)25-22)19-14-17-12-13-18(15-19)26(17)16-8-4-2-1-3-5-9-16;1-9(2,3)14-7(11)5-6(10)8(12)13-4;;/h10-11,14-15,22-26H,5-9,12-13,16-21H2,1-4H3;6-7,10-11,18-22H,1-5,8-9,12-17H2,(H,32,33)(H,35,36);6-7,10-11,16-19H,1-5,8-9,12-15H2;6H,5,10H2,1-4H3;;1H2/q;;;;+1;/p-1/t22-,24-,25+,26?;18-,20-,21+,22?;17-,18+,19?;6-;;/m11.1../s1. The van der Waals surface area contributed by atoms with E-state index in [1.165, 1.54) is 188 Å². The Bertz CT molecular complexity index is 4630. The Morgan fingerprint density at radius 1 is 0.413 bits per heavy atom. The third kappa shape index (κ3) is 24.8. The second kappa shape index (κ2) is 44.2. The number of piperidine rings is 3. The van der Waals surface area contributed by atoms with Crippen LogP contribution in [0.1, 0.15) is 302 Å². The molecule has 6 aliphatic heterocycles. The van der Waals surface area contributed by atoms with Crippen LogP contribution in [-0.4, -0.2) is 181 Å². The molecule has 12 atom stereocenters. The second-order valence-electron chi connectivity index (χ2n) is 37.4. The molecule has 9 heterocycles. The van der Waals surface area contributed by atoms with Gasteiger partial charge in [0.15, 0.2) is 5.15 Å². The summed E-state index contributed by atoms with van der Waals surface area (Å²) in [6.45, 7) is 10.6. The van der Waals surface area contributed by atoms with E-state index in [1.807, 2.05) is 86.5 Å². The molecule has 3 aromatic heterocycles. The molecule has 9 fully saturated rings. The van der Waals surface area contributed by atoms with Gasteiger partial charge in [0.05, 0.1) is 78.4 Å². The maximum absolute atomic E-state index is 14.2. The number of rotatable bonds is 19. The van der Waals surface area contributed by atoms with Crippen molar-refractivity contribution in [2.75, 3.05) is 14.2 Å². The molecule has 9 aliphatic rings. The normalized spacial score (nSPS) is 24.7. The summed E-state index contributed by atoms with van der Waals surface area (Å²) in [6.07, 6.45) is 40.4. The average molecular weight is 1700 g/mol. The van der Waals surface area contributed by atoms with Gasteiger partial charge in [-0.25, -0.2) is 15.0 Å². The van der Waals surface area contributed by atoms with Gasteiger partial charge in [-0.05, 0) is 194 Å². The summed E-state index contributed by atoms with van der Waals surface area (Å²) in [6, 6.07) is 27.9. The van der Waals surface area contributed by atoms with Gasteiger partial charge in [0.1, 0.15) is 28.6 Å². The van der Waals surface area contributed by atoms with Gasteiger partial charge in [-0.1, -0.05) is 144 Å². The van der Waals surface area contributed by atoms with E-state index in [-0.39, 0.29) is 106 Å². The number of methoxy groups -OCH3 is 2. The minimum absolute atomic E-state index is 0. The first-order valence-electron chi connectivity index (χ1n) is 44.8. The van der Waals surface area contributed by atoms with Gasteiger partial charge in [-0.15, -0.1) is 0 Å². The Balaban J connectivity index is 0.000000177. The molecule has 121 heavy (non-hydrogen) atoms. The number of esters is 4. The molecule has 3 aliphatic carbocycles. The van der Waals surface area contributed by atoms with Crippen LogP contribution in [-0.2, 0) is 60.6 Å². The molecule has 0 amide bonds. The van der Waals surface area contributed by atoms with Gasteiger partial charge in [0.2, 0.25) is 0 Å². The minimum Gasteiger partial charge on any atom is -0.870 e. The van der Waals surface area contributed by atoms with Crippen LogP contribution in [0.25, 0.3) is 33.1 Å². The SMILES string of the molecule is COC(=O)[C@@H](CC(=O)OC(C)(C)C)Cc1nc2ccccc2n(C2C[C@H]3CC[C@@H](C2)N3C2CCCCCCC2)c1=O.COC(=O)[C@H](N)CC(=O)OC(C)(C)C.O=C(O)C[C@@H](Cc1nc2ccccc2n(C2C[C@H]3CC[C@@H](C2)N3C2CCCCCCC2)c1=O)C(=O)O.O=c1c(Cl)nc2ccccc2n1C1C[C@H]2CC[C@@H](C1)N2C1CCCCCCC1.[Na+].[OH-]. The molecular weight excluding hydrogens is 1570 g/mol. The Morgan fingerprint density at radius 2 is 0.711 bits per heavy atom. The van der Waals surface area contributed by atoms with Gasteiger partial charge in [-0.2, -0.15) is 0 Å². The van der Waals surface area contributed by atoms with Crippen LogP contribution in [0.4, 0.5) is 0 Å². The van der Waals surface area contributed by atoms with Crippen LogP contribution in [0.15, 0.2) is 87.2 Å². The monoisotopic (exact) mass is 1700 g/mol. The van der Waals surface area contributed by atoms with Crippen LogP contribution >= 0.6 is 11.6 Å². The van der Waals surface area contributed by atoms with Crippen molar-refractivity contribution < 1.29 is 93.0 Å². The molecule has 6 bridgehead atoms. The largest absolute Gasteiger partial charge is 1.00 e. The van der Waals surface area contributed by atoms with Gasteiger partial charge < -0.3 is 54.1 Å². The molecule has 28 heteroatoms. The number of fused-ring (bicyclic) bond motifs is 9. The van der Waals surface area contributed by atoms with Crippen molar-refractivity contribution in [3.8, 4) is 0 Å². The number of aliphatic carboxylic acids is 2. The summed E-state index contributed by atoms with van der Waals surface area (Å²) in [7, 11) is 2.52. The number of halogens is 1. The van der Waals surface area contributed by atoms with E-state index in [4.69, 9.17) is 41.6 Å². The maximum Gasteiger partial charge on any atom is 1.00 e. The number of carboxylic acids is 2. The molecule has 0 spiro atoms. The molecule has 3 aromatic carbocycles. The van der Waals surface area contributed by atoms with E-state index in [0.717, 1.165) is 72.2 Å². The zero-order valence-corrected chi connectivity index (χ0v) is 75.8. The number of aromatic nitrogens is 6. The van der Waals surface area contributed by atoms with Crippen molar-refractivity contribution in [2.45, 2.75) is 375 Å². The number of carboxylic acid groups (broad SMARTS) is 2.